The Morgan fingerprint density at radius 1 is 1.14 bits per heavy atom. The molecule has 1 aromatic carbocycles. The van der Waals surface area contributed by atoms with Crippen LogP contribution >= 0.6 is 0 Å². The topological polar surface area (TPSA) is 75.3 Å². The van der Waals surface area contributed by atoms with Gasteiger partial charge in [-0.25, -0.2) is 13.2 Å². The highest BCUT2D eigenvalue weighted by atomic mass is 32.2. The van der Waals surface area contributed by atoms with Gasteiger partial charge in [0.2, 0.25) is 0 Å². The molecular weight excluding hydrogens is 288 g/mol. The number of carbonyl (C=O) groups is 1. The van der Waals surface area contributed by atoms with Gasteiger partial charge in [0, 0.05) is 11.7 Å². The van der Waals surface area contributed by atoms with Gasteiger partial charge in [0.1, 0.15) is 0 Å². The molecule has 0 aromatic heterocycles. The van der Waals surface area contributed by atoms with E-state index in [1.165, 1.54) is 12.1 Å². The second-order valence-corrected chi connectivity index (χ2v) is 8.20. The molecule has 0 unspecified atom stereocenters. The first kappa shape index (κ1) is 15.8. The Labute approximate surface area is 126 Å². The number of carbonyl (C=O) groups excluding carboxylic acids is 1. The van der Waals surface area contributed by atoms with Gasteiger partial charge < -0.3 is 10.6 Å². The van der Waals surface area contributed by atoms with Crippen LogP contribution < -0.4 is 10.6 Å². The fourth-order valence-corrected chi connectivity index (χ4v) is 3.48. The lowest BCUT2D eigenvalue weighted by Gasteiger charge is -2.13. The van der Waals surface area contributed by atoms with Crippen LogP contribution in [0.3, 0.4) is 0 Å². The normalized spacial score (nSPS) is 16.1. The van der Waals surface area contributed by atoms with Gasteiger partial charge in [-0.15, -0.1) is 0 Å². The summed E-state index contributed by atoms with van der Waals surface area (Å²) in [7, 11) is -3.27. The number of hydrogen-bond acceptors (Lipinski definition) is 3. The number of sulfone groups is 1. The molecule has 0 atom stereocenters. The van der Waals surface area contributed by atoms with Gasteiger partial charge in [-0.3, -0.25) is 0 Å². The van der Waals surface area contributed by atoms with Gasteiger partial charge in [-0.1, -0.05) is 12.8 Å². The number of amides is 2. The molecule has 1 aliphatic rings. The van der Waals surface area contributed by atoms with Gasteiger partial charge in [-0.05, 0) is 51.0 Å². The second-order valence-electron chi connectivity index (χ2n) is 5.70. The fourth-order valence-electron chi connectivity index (χ4n) is 2.42. The van der Waals surface area contributed by atoms with Crippen LogP contribution in [0, 0.1) is 0 Å². The molecule has 1 aromatic rings. The molecule has 0 spiro atoms. The lowest BCUT2D eigenvalue weighted by molar-refractivity contribution is 0.248. The Balaban J connectivity index is 1.97. The van der Waals surface area contributed by atoms with Gasteiger partial charge in [0.05, 0.1) is 10.1 Å². The SMILES string of the molecule is CC(C)S(=O)(=O)c1ccc(NC(=O)NC2CCCC2)cc1. The van der Waals surface area contributed by atoms with Crippen molar-refractivity contribution >= 4 is 21.6 Å². The molecule has 0 bridgehead atoms. The van der Waals surface area contributed by atoms with E-state index in [4.69, 9.17) is 0 Å². The van der Waals surface area contributed by atoms with Crippen LogP contribution in [0.2, 0.25) is 0 Å². The highest BCUT2D eigenvalue weighted by molar-refractivity contribution is 7.92. The van der Waals surface area contributed by atoms with Crippen molar-refractivity contribution in [3.8, 4) is 0 Å². The quantitative estimate of drug-likeness (QED) is 0.898. The van der Waals surface area contributed by atoms with Crippen molar-refractivity contribution < 1.29 is 13.2 Å². The lowest BCUT2D eigenvalue weighted by Crippen LogP contribution is -2.36. The predicted molar refractivity (Wildman–Crippen MR) is 83.2 cm³/mol. The van der Waals surface area contributed by atoms with Crippen LogP contribution in [0.1, 0.15) is 39.5 Å². The molecule has 116 valence electrons. The maximum absolute atomic E-state index is 12.0. The first-order chi connectivity index (χ1) is 9.89. The first-order valence-corrected chi connectivity index (χ1v) is 8.85. The zero-order valence-corrected chi connectivity index (χ0v) is 13.2. The number of rotatable bonds is 4. The molecule has 21 heavy (non-hydrogen) atoms. The van der Waals surface area contributed by atoms with Crippen LogP contribution in [0.15, 0.2) is 29.2 Å². The molecule has 0 radical (unpaired) electrons. The molecule has 2 rings (SSSR count). The fraction of sp³-hybridized carbons (Fsp3) is 0.533. The minimum absolute atomic E-state index is 0.235. The van der Waals surface area contributed by atoms with Crippen LogP contribution in [0.25, 0.3) is 0 Å². The number of nitrogens with one attached hydrogen (secondary N) is 2. The molecule has 5 nitrogen and oxygen atoms in total. The van der Waals surface area contributed by atoms with E-state index in [9.17, 15) is 13.2 Å². The molecule has 0 heterocycles. The second kappa shape index (κ2) is 6.47. The predicted octanol–water partition coefficient (Wildman–Crippen LogP) is 2.93. The summed E-state index contributed by atoms with van der Waals surface area (Å²) in [6.45, 7) is 3.30. The van der Waals surface area contributed by atoms with E-state index < -0.39 is 15.1 Å². The Morgan fingerprint density at radius 3 is 2.24 bits per heavy atom. The first-order valence-electron chi connectivity index (χ1n) is 7.31. The summed E-state index contributed by atoms with van der Waals surface area (Å²) in [5, 5.41) is 5.20. The van der Waals surface area contributed by atoms with Crippen LogP contribution in [-0.4, -0.2) is 25.7 Å². The molecular formula is C15H22N2O3S. The summed E-state index contributed by atoms with van der Waals surface area (Å²) >= 11 is 0. The summed E-state index contributed by atoms with van der Waals surface area (Å²) in [4.78, 5) is 12.1. The molecule has 1 fully saturated rings. The van der Waals surface area contributed by atoms with Gasteiger partial charge in [0.15, 0.2) is 9.84 Å². The molecule has 1 saturated carbocycles. The van der Waals surface area contributed by atoms with Crippen molar-refractivity contribution in [2.45, 2.75) is 55.7 Å². The van der Waals surface area contributed by atoms with E-state index in [0.29, 0.717) is 5.69 Å². The Hall–Kier alpha value is -1.56. The molecule has 2 N–H and O–H groups in total. The number of hydrogen-bond donors (Lipinski definition) is 2. The monoisotopic (exact) mass is 310 g/mol. The summed E-state index contributed by atoms with van der Waals surface area (Å²) in [5.41, 5.74) is 0.591. The van der Waals surface area contributed by atoms with E-state index in [1.54, 1.807) is 26.0 Å². The van der Waals surface area contributed by atoms with E-state index >= 15 is 0 Å². The average molecular weight is 310 g/mol. The average Bonchev–Trinajstić information content (AvgIpc) is 2.91. The zero-order valence-electron chi connectivity index (χ0n) is 12.4. The highest BCUT2D eigenvalue weighted by Crippen LogP contribution is 2.19. The number of urea groups is 1. The van der Waals surface area contributed by atoms with Gasteiger partial charge in [0.25, 0.3) is 0 Å². The Bertz CT molecular complexity index is 588. The van der Waals surface area contributed by atoms with Crippen molar-refractivity contribution in [3.63, 3.8) is 0 Å². The minimum atomic E-state index is -3.27. The van der Waals surface area contributed by atoms with E-state index in [1.807, 2.05) is 0 Å². The third-order valence-corrected chi connectivity index (χ3v) is 5.92. The van der Waals surface area contributed by atoms with Crippen molar-refractivity contribution in [2.24, 2.45) is 0 Å². The standard InChI is InChI=1S/C15H22N2O3S/c1-11(2)21(19,20)14-9-7-13(8-10-14)17-15(18)16-12-5-3-4-6-12/h7-12H,3-6H2,1-2H3,(H2,16,17,18). The number of benzene rings is 1. The van der Waals surface area contributed by atoms with E-state index in [2.05, 4.69) is 10.6 Å². The van der Waals surface area contributed by atoms with Crippen molar-refractivity contribution in [1.82, 2.24) is 5.32 Å². The molecule has 6 heteroatoms. The molecule has 0 saturated heterocycles. The smallest absolute Gasteiger partial charge is 0.319 e. The maximum atomic E-state index is 12.0. The van der Waals surface area contributed by atoms with Crippen LogP contribution in [0.4, 0.5) is 10.5 Å². The van der Waals surface area contributed by atoms with Gasteiger partial charge >= 0.3 is 6.03 Å². The lowest BCUT2D eigenvalue weighted by atomic mass is 10.2. The van der Waals surface area contributed by atoms with E-state index in [0.717, 1.165) is 25.7 Å². The van der Waals surface area contributed by atoms with E-state index in [-0.39, 0.29) is 17.0 Å². The van der Waals surface area contributed by atoms with Crippen LogP contribution in [0.5, 0.6) is 0 Å². The molecule has 2 amide bonds. The van der Waals surface area contributed by atoms with Crippen molar-refractivity contribution in [2.75, 3.05) is 5.32 Å². The third kappa shape index (κ3) is 3.97. The van der Waals surface area contributed by atoms with Crippen molar-refractivity contribution in [3.05, 3.63) is 24.3 Å². The summed E-state index contributed by atoms with van der Waals surface area (Å²) in [6.07, 6.45) is 4.37. The molecule has 0 aliphatic heterocycles. The summed E-state index contributed by atoms with van der Waals surface area (Å²) < 4.78 is 24.0. The highest BCUT2D eigenvalue weighted by Gasteiger charge is 2.19. The molecule has 1 aliphatic carbocycles. The maximum Gasteiger partial charge on any atom is 0.319 e. The zero-order chi connectivity index (χ0) is 15.5. The largest absolute Gasteiger partial charge is 0.335 e. The van der Waals surface area contributed by atoms with Crippen LogP contribution in [-0.2, 0) is 9.84 Å². The summed E-state index contributed by atoms with van der Waals surface area (Å²) in [5.74, 6) is 0. The summed E-state index contributed by atoms with van der Waals surface area (Å²) in [6, 6.07) is 6.31. The minimum Gasteiger partial charge on any atom is -0.335 e. The number of anilines is 1. The Morgan fingerprint density at radius 2 is 1.71 bits per heavy atom. The third-order valence-electron chi connectivity index (χ3n) is 3.75. The van der Waals surface area contributed by atoms with Gasteiger partial charge in [-0.2, -0.15) is 0 Å². The van der Waals surface area contributed by atoms with Crippen molar-refractivity contribution in [1.29, 1.82) is 0 Å². The Kier molecular flexibility index (Phi) is 4.88.